The van der Waals surface area contributed by atoms with E-state index in [0.29, 0.717) is 117 Å². The summed E-state index contributed by atoms with van der Waals surface area (Å²) in [5.41, 5.74) is 9.77. The Hall–Kier alpha value is -9.58. The van der Waals surface area contributed by atoms with Gasteiger partial charge in [0, 0.05) is 38.6 Å². The summed E-state index contributed by atoms with van der Waals surface area (Å²) in [5, 5.41) is 11.5. The number of halogens is 6. The third-order valence-electron chi connectivity index (χ3n) is 13.3. The van der Waals surface area contributed by atoms with Gasteiger partial charge in [-0.1, -0.05) is 115 Å². The molecular weight excluding hydrogens is 953 g/mol. The largest absolute Gasteiger partial charge is 0.416 e. The summed E-state index contributed by atoms with van der Waals surface area (Å²) in [6.45, 7) is 11.3. The zero-order valence-electron chi connectivity index (χ0n) is 40.1. The van der Waals surface area contributed by atoms with E-state index in [4.69, 9.17) is 16.5 Å². The Morgan fingerprint density at radius 1 is 0.453 bits per heavy atom. The van der Waals surface area contributed by atoms with E-state index in [1.807, 2.05) is 115 Å². The van der Waals surface area contributed by atoms with E-state index in [2.05, 4.69) is 15.5 Å². The van der Waals surface area contributed by atoms with Crippen LogP contribution in [0.2, 0.25) is 0 Å². The van der Waals surface area contributed by atoms with Crippen LogP contribution in [0.5, 0.6) is 0 Å². The second kappa shape index (κ2) is 18.8. The van der Waals surface area contributed by atoms with Crippen molar-refractivity contribution in [2.45, 2.75) is 26.2 Å². The van der Waals surface area contributed by atoms with Gasteiger partial charge in [0.2, 0.25) is 0 Å². The topological polar surface area (TPSA) is 58.9 Å². The summed E-state index contributed by atoms with van der Waals surface area (Å²) in [7, 11) is 0. The van der Waals surface area contributed by atoms with E-state index >= 15 is 0 Å². The predicted octanol–water partition coefficient (Wildman–Crippen LogP) is 18.3. The summed E-state index contributed by atoms with van der Waals surface area (Å²) in [5.74, 6) is 0.488. The maximum Gasteiger partial charge on any atom is 0.416 e. The quantitative estimate of drug-likeness (QED) is 0.113. The fourth-order valence-corrected chi connectivity index (χ4v) is 9.88. The molecular formula is C64H39F6N5. The van der Waals surface area contributed by atoms with Crippen molar-refractivity contribution >= 4 is 27.5 Å². The standard InChI is InChI=1S/C64H39F6N5/c1-38-24-47(29-50(26-38)63(65,66)67)43-20-22-59-55(32-43)56-33-44(48-25-39(2)27-51(30-48)64(68,69)70)21-23-60(56)75(59)61-53(45-17-10-12-40(28-45)37-71)34-49(35-54(61)46-18-11-19-52(31-46)72-3)58-36-57(41-13-6-4-7-14-41)73-62(74-58)42-15-8-5-9-16-42/h4-36H,1-2H3. The molecule has 362 valence electrons. The Kier molecular flexibility index (Phi) is 12.0. The molecule has 0 N–H and O–H groups in total. The maximum absolute atomic E-state index is 14.3. The van der Waals surface area contributed by atoms with Crippen molar-refractivity contribution in [3.05, 3.63) is 239 Å². The molecule has 2 aromatic heterocycles. The number of alkyl halides is 6. The van der Waals surface area contributed by atoms with Crippen molar-refractivity contribution < 1.29 is 26.3 Å². The molecule has 0 aliphatic rings. The van der Waals surface area contributed by atoms with Crippen molar-refractivity contribution in [2.75, 3.05) is 0 Å². The minimum absolute atomic E-state index is 0.333. The fraction of sp³-hybridized carbons (Fsp3) is 0.0625. The van der Waals surface area contributed by atoms with Crippen LogP contribution in [0.3, 0.4) is 0 Å². The van der Waals surface area contributed by atoms with E-state index in [-0.39, 0.29) is 0 Å². The van der Waals surface area contributed by atoms with Crippen LogP contribution in [0.1, 0.15) is 27.8 Å². The van der Waals surface area contributed by atoms with Gasteiger partial charge in [-0.25, -0.2) is 14.8 Å². The zero-order valence-corrected chi connectivity index (χ0v) is 40.1. The minimum atomic E-state index is -4.61. The first-order chi connectivity index (χ1) is 36.1. The first-order valence-electron chi connectivity index (χ1n) is 23.8. The van der Waals surface area contributed by atoms with Gasteiger partial charge in [-0.2, -0.15) is 31.6 Å². The molecule has 11 aromatic rings. The van der Waals surface area contributed by atoms with Crippen LogP contribution >= 0.6 is 0 Å². The SMILES string of the molecule is [C-]#[N+]c1cccc(-c2cc(-c3cc(-c4ccccc4)nc(-c4ccccc4)n3)cc(-c3cccc(C#N)c3)c2-n2c3ccc(-c4cc(C)cc(C(F)(F)F)c4)cc3c3cc(-c4cc(C)cc(C(F)(F)F)c4)ccc32)c1. The molecule has 0 spiro atoms. The van der Waals surface area contributed by atoms with E-state index in [1.165, 1.54) is 0 Å². The van der Waals surface area contributed by atoms with Gasteiger partial charge in [0.05, 0.1) is 57.4 Å². The minimum Gasteiger partial charge on any atom is -0.308 e. The second-order valence-corrected chi connectivity index (χ2v) is 18.4. The summed E-state index contributed by atoms with van der Waals surface area (Å²) >= 11 is 0. The molecule has 5 nitrogen and oxygen atoms in total. The molecule has 0 unspecified atom stereocenters. The molecule has 2 heterocycles. The average Bonchev–Trinajstić information content (AvgIpc) is 3.77. The van der Waals surface area contributed by atoms with E-state index in [0.717, 1.165) is 35.4 Å². The number of fused-ring (bicyclic) bond motifs is 3. The van der Waals surface area contributed by atoms with Crippen LogP contribution in [0.25, 0.3) is 111 Å². The number of hydrogen-bond acceptors (Lipinski definition) is 3. The van der Waals surface area contributed by atoms with Crippen LogP contribution < -0.4 is 0 Å². The number of hydrogen-bond donors (Lipinski definition) is 0. The summed E-state index contributed by atoms with van der Waals surface area (Å²) < 4.78 is 88.0. The van der Waals surface area contributed by atoms with Gasteiger partial charge in [-0.05, 0) is 143 Å². The Morgan fingerprint density at radius 2 is 0.947 bits per heavy atom. The summed E-state index contributed by atoms with van der Waals surface area (Å²) in [6.07, 6.45) is -9.22. The number of nitriles is 1. The van der Waals surface area contributed by atoms with Crippen molar-refractivity contribution in [1.29, 1.82) is 5.26 Å². The number of benzene rings is 9. The predicted molar refractivity (Wildman–Crippen MR) is 285 cm³/mol. The number of aryl methyl sites for hydroxylation is 2. The average molecular weight is 992 g/mol. The third-order valence-corrected chi connectivity index (χ3v) is 13.3. The molecule has 75 heavy (non-hydrogen) atoms. The molecule has 0 atom stereocenters. The molecule has 11 heteroatoms. The van der Waals surface area contributed by atoms with Gasteiger partial charge >= 0.3 is 12.4 Å². The van der Waals surface area contributed by atoms with Crippen molar-refractivity contribution in [3.63, 3.8) is 0 Å². The number of rotatable bonds is 8. The van der Waals surface area contributed by atoms with Crippen molar-refractivity contribution in [1.82, 2.24) is 14.5 Å². The maximum atomic E-state index is 14.3. The van der Waals surface area contributed by atoms with E-state index in [1.54, 1.807) is 74.5 Å². The van der Waals surface area contributed by atoms with Gasteiger partial charge in [-0.15, -0.1) is 0 Å². The lowest BCUT2D eigenvalue weighted by Gasteiger charge is -2.22. The highest BCUT2D eigenvalue weighted by Gasteiger charge is 2.32. The Bertz CT molecular complexity index is 3890. The number of nitrogens with zero attached hydrogens (tertiary/aromatic N) is 5. The van der Waals surface area contributed by atoms with Gasteiger partial charge < -0.3 is 4.57 Å². The molecule has 0 amide bonds. The van der Waals surface area contributed by atoms with Crippen LogP contribution in [0, 0.1) is 31.8 Å². The highest BCUT2D eigenvalue weighted by Crippen LogP contribution is 2.47. The summed E-state index contributed by atoms with van der Waals surface area (Å²) in [6, 6.07) is 60.8. The Morgan fingerprint density at radius 3 is 1.47 bits per heavy atom. The lowest BCUT2D eigenvalue weighted by molar-refractivity contribution is -0.138. The Balaban J connectivity index is 1.27. The smallest absolute Gasteiger partial charge is 0.308 e. The first kappa shape index (κ1) is 47.7. The molecule has 0 radical (unpaired) electrons. The molecule has 11 rings (SSSR count). The van der Waals surface area contributed by atoms with Gasteiger partial charge in [0.1, 0.15) is 0 Å². The van der Waals surface area contributed by atoms with Crippen LogP contribution in [-0.4, -0.2) is 14.5 Å². The monoisotopic (exact) mass is 991 g/mol. The molecule has 0 bridgehead atoms. The van der Waals surface area contributed by atoms with Gasteiger partial charge in [0.25, 0.3) is 0 Å². The molecule has 9 aromatic carbocycles. The highest BCUT2D eigenvalue weighted by molar-refractivity contribution is 6.13. The molecule has 0 fully saturated rings. The summed E-state index contributed by atoms with van der Waals surface area (Å²) in [4.78, 5) is 14.0. The normalized spacial score (nSPS) is 11.7. The lowest BCUT2D eigenvalue weighted by Crippen LogP contribution is -2.05. The third kappa shape index (κ3) is 9.28. The highest BCUT2D eigenvalue weighted by atomic mass is 19.4. The number of aromatic nitrogens is 3. The molecule has 0 aliphatic heterocycles. The molecule has 0 saturated carbocycles. The van der Waals surface area contributed by atoms with Crippen LogP contribution in [0.15, 0.2) is 200 Å². The fourth-order valence-electron chi connectivity index (χ4n) is 9.88. The molecule has 0 saturated heterocycles. The van der Waals surface area contributed by atoms with E-state index in [9.17, 15) is 31.6 Å². The van der Waals surface area contributed by atoms with Crippen molar-refractivity contribution in [2.24, 2.45) is 0 Å². The lowest BCUT2D eigenvalue weighted by atomic mass is 9.90. The second-order valence-electron chi connectivity index (χ2n) is 18.4. The van der Waals surface area contributed by atoms with Gasteiger partial charge in [0.15, 0.2) is 11.5 Å². The van der Waals surface area contributed by atoms with Crippen molar-refractivity contribution in [3.8, 4) is 90.2 Å². The molecule has 0 aliphatic carbocycles. The van der Waals surface area contributed by atoms with Crippen LogP contribution in [-0.2, 0) is 12.4 Å². The van der Waals surface area contributed by atoms with E-state index < -0.39 is 23.5 Å². The van der Waals surface area contributed by atoms with Gasteiger partial charge in [-0.3, -0.25) is 0 Å². The Labute approximate surface area is 427 Å². The van der Waals surface area contributed by atoms with Crippen LogP contribution in [0.4, 0.5) is 32.0 Å². The zero-order chi connectivity index (χ0) is 52.2. The first-order valence-corrected chi connectivity index (χ1v) is 23.8.